The number of aliphatic imine (C=N–C) groups is 2. The molecule has 0 saturated heterocycles. The number of nitrogens with zero attached hydrogens (tertiary/aromatic N) is 4. The minimum absolute atomic E-state index is 0.208. The fraction of sp³-hybridized carbons (Fsp3) is 0.167. The highest BCUT2D eigenvalue weighted by atomic mass is 16.7. The maximum absolute atomic E-state index is 10.8. The molecule has 15 heavy (non-hydrogen) atoms. The largest absolute Gasteiger partial charge is 0.353 e. The number of hydrogen-bond donors (Lipinski definition) is 2. The van der Waals surface area contributed by atoms with Crippen molar-refractivity contribution >= 4 is 12.7 Å². The van der Waals surface area contributed by atoms with Gasteiger partial charge in [-0.1, -0.05) is 0 Å². The number of aromatic nitrogens is 3. The van der Waals surface area contributed by atoms with E-state index < -0.39 is 11.4 Å². The van der Waals surface area contributed by atoms with E-state index in [-0.39, 0.29) is 12.7 Å². The van der Waals surface area contributed by atoms with E-state index in [4.69, 9.17) is 4.84 Å². The van der Waals surface area contributed by atoms with Gasteiger partial charge in [-0.05, 0) is 0 Å². The summed E-state index contributed by atoms with van der Waals surface area (Å²) in [4.78, 5) is 41.6. The molecule has 0 atom stereocenters. The predicted octanol–water partition coefficient (Wildman–Crippen LogP) is -1.92. The average molecular weight is 210 g/mol. The van der Waals surface area contributed by atoms with Gasteiger partial charge in [-0.3, -0.25) is 9.97 Å². The topological polar surface area (TPSA) is 116 Å². The zero-order chi connectivity index (χ0) is 10.7. The molecular weight excluding hydrogens is 204 g/mol. The second-order valence-electron chi connectivity index (χ2n) is 2.51. The van der Waals surface area contributed by atoms with Gasteiger partial charge < -0.3 is 4.84 Å². The highest BCUT2D eigenvalue weighted by Crippen LogP contribution is 1.97. The monoisotopic (exact) mass is 210 g/mol. The van der Waals surface area contributed by atoms with Crippen LogP contribution in [-0.4, -0.2) is 39.4 Å². The van der Waals surface area contributed by atoms with E-state index in [1.807, 2.05) is 4.98 Å². The Labute approximate surface area is 82.1 Å². The van der Waals surface area contributed by atoms with Crippen LogP contribution >= 0.6 is 0 Å². The molecule has 0 aliphatic carbocycles. The molecule has 0 aromatic carbocycles. The Morgan fingerprint density at radius 2 is 2.27 bits per heavy atom. The quantitative estimate of drug-likeness (QED) is 0.590. The van der Waals surface area contributed by atoms with E-state index in [1.165, 1.54) is 17.7 Å². The summed E-state index contributed by atoms with van der Waals surface area (Å²) in [5.41, 5.74) is -1.48. The van der Waals surface area contributed by atoms with Crippen molar-refractivity contribution in [1.82, 2.24) is 20.0 Å². The van der Waals surface area contributed by atoms with Crippen molar-refractivity contribution in [3.8, 4) is 6.01 Å². The standard InChI is InChI=1S/C6H6N6O3/c13-4-9-5(14)11-6(10-4)15-12-2-7-1-8-3-12/h1-2H,3H2,(H2,9,10,11,13,14). The summed E-state index contributed by atoms with van der Waals surface area (Å²) in [5, 5.41) is 1.21. The van der Waals surface area contributed by atoms with E-state index in [9.17, 15) is 9.59 Å². The fourth-order valence-electron chi connectivity index (χ4n) is 0.885. The Balaban J connectivity index is 2.17. The maximum atomic E-state index is 10.8. The molecule has 0 radical (unpaired) electrons. The Morgan fingerprint density at radius 3 is 2.93 bits per heavy atom. The van der Waals surface area contributed by atoms with Crippen molar-refractivity contribution in [2.75, 3.05) is 6.67 Å². The number of rotatable bonds is 2. The van der Waals surface area contributed by atoms with Crippen molar-refractivity contribution in [2.24, 2.45) is 9.98 Å². The predicted molar refractivity (Wildman–Crippen MR) is 49.8 cm³/mol. The van der Waals surface area contributed by atoms with Crippen molar-refractivity contribution in [1.29, 1.82) is 0 Å². The molecule has 0 saturated carbocycles. The van der Waals surface area contributed by atoms with Crippen LogP contribution in [0.25, 0.3) is 0 Å². The van der Waals surface area contributed by atoms with Gasteiger partial charge in [0.1, 0.15) is 19.3 Å². The molecular formula is C6H6N6O3. The second kappa shape index (κ2) is 3.74. The summed E-state index contributed by atoms with van der Waals surface area (Å²) < 4.78 is 0. The lowest BCUT2D eigenvalue weighted by atomic mass is 10.9. The zero-order valence-corrected chi connectivity index (χ0v) is 7.38. The third-order valence-corrected chi connectivity index (χ3v) is 1.41. The molecule has 9 nitrogen and oxygen atoms in total. The summed E-state index contributed by atoms with van der Waals surface area (Å²) in [6.45, 7) is 0.208. The van der Waals surface area contributed by atoms with Crippen molar-refractivity contribution in [2.45, 2.75) is 0 Å². The molecule has 78 valence electrons. The molecule has 1 aliphatic rings. The second-order valence-corrected chi connectivity index (χ2v) is 2.51. The van der Waals surface area contributed by atoms with Gasteiger partial charge in [-0.2, -0.15) is 5.06 Å². The van der Waals surface area contributed by atoms with Crippen LogP contribution in [0.2, 0.25) is 0 Å². The lowest BCUT2D eigenvalue weighted by Gasteiger charge is -2.16. The zero-order valence-electron chi connectivity index (χ0n) is 7.38. The number of hydrogen-bond acceptors (Lipinski definition) is 7. The van der Waals surface area contributed by atoms with Crippen molar-refractivity contribution < 1.29 is 4.84 Å². The van der Waals surface area contributed by atoms with Crippen LogP contribution in [0, 0.1) is 0 Å². The summed E-state index contributed by atoms with van der Waals surface area (Å²) >= 11 is 0. The van der Waals surface area contributed by atoms with Gasteiger partial charge in [0.15, 0.2) is 0 Å². The average Bonchev–Trinajstić information content (AvgIpc) is 2.17. The minimum atomic E-state index is -0.786. The van der Waals surface area contributed by atoms with Gasteiger partial charge >= 0.3 is 17.4 Å². The van der Waals surface area contributed by atoms with Gasteiger partial charge in [-0.15, -0.1) is 4.98 Å². The van der Waals surface area contributed by atoms with E-state index in [0.717, 1.165) is 0 Å². The molecule has 1 aromatic rings. The summed E-state index contributed by atoms with van der Waals surface area (Å²) in [6.07, 6.45) is 2.70. The Morgan fingerprint density at radius 1 is 1.40 bits per heavy atom. The van der Waals surface area contributed by atoms with Gasteiger partial charge in [0.05, 0.1) is 0 Å². The van der Waals surface area contributed by atoms with E-state index in [1.54, 1.807) is 0 Å². The molecule has 2 rings (SSSR count). The first-order valence-electron chi connectivity index (χ1n) is 3.91. The Bertz CT molecular complexity index is 486. The summed E-state index contributed by atoms with van der Waals surface area (Å²) in [7, 11) is 0. The lowest BCUT2D eigenvalue weighted by Crippen LogP contribution is -2.32. The van der Waals surface area contributed by atoms with E-state index in [0.29, 0.717) is 0 Å². The van der Waals surface area contributed by atoms with Gasteiger partial charge in [-0.25, -0.2) is 19.6 Å². The van der Waals surface area contributed by atoms with Gasteiger partial charge in [0, 0.05) is 0 Å². The maximum Gasteiger partial charge on any atom is 0.353 e. The van der Waals surface area contributed by atoms with Crippen LogP contribution in [0.1, 0.15) is 0 Å². The molecule has 0 spiro atoms. The van der Waals surface area contributed by atoms with E-state index >= 15 is 0 Å². The molecule has 1 aromatic heterocycles. The third-order valence-electron chi connectivity index (χ3n) is 1.41. The number of aromatic amines is 2. The van der Waals surface area contributed by atoms with Crippen molar-refractivity contribution in [3.63, 3.8) is 0 Å². The Hall–Kier alpha value is -2.45. The lowest BCUT2D eigenvalue weighted by molar-refractivity contribution is 0.0150. The van der Waals surface area contributed by atoms with Crippen LogP contribution in [0.4, 0.5) is 0 Å². The first-order valence-corrected chi connectivity index (χ1v) is 3.91. The molecule has 0 bridgehead atoms. The highest BCUT2D eigenvalue weighted by molar-refractivity contribution is 5.72. The molecule has 9 heteroatoms. The van der Waals surface area contributed by atoms with Crippen molar-refractivity contribution in [3.05, 3.63) is 21.0 Å². The molecule has 2 heterocycles. The summed E-state index contributed by atoms with van der Waals surface area (Å²) in [5.74, 6) is 0. The van der Waals surface area contributed by atoms with Crippen LogP contribution in [-0.2, 0) is 0 Å². The van der Waals surface area contributed by atoms with Crippen LogP contribution < -0.4 is 16.2 Å². The first-order chi connectivity index (χ1) is 7.24. The molecule has 0 unspecified atom stereocenters. The third kappa shape index (κ3) is 2.27. The van der Waals surface area contributed by atoms with Gasteiger partial charge in [0.2, 0.25) is 0 Å². The number of hydroxylamine groups is 2. The van der Waals surface area contributed by atoms with Gasteiger partial charge in [0.25, 0.3) is 0 Å². The SMILES string of the molecule is O=c1nc(ON2C=NC=NC2)[nH]c(=O)[nH]1. The smallest absolute Gasteiger partial charge is 0.337 e. The minimum Gasteiger partial charge on any atom is -0.337 e. The Kier molecular flexibility index (Phi) is 2.27. The normalized spacial score (nSPS) is 14.3. The van der Waals surface area contributed by atoms with Crippen LogP contribution in [0.5, 0.6) is 6.01 Å². The van der Waals surface area contributed by atoms with Crippen LogP contribution in [0.15, 0.2) is 19.6 Å². The molecule has 1 aliphatic heterocycles. The molecule has 0 amide bonds. The highest BCUT2D eigenvalue weighted by Gasteiger charge is 2.06. The van der Waals surface area contributed by atoms with Crippen LogP contribution in [0.3, 0.4) is 0 Å². The number of H-pyrrole nitrogens is 2. The number of nitrogens with one attached hydrogen (secondary N) is 2. The first kappa shape index (κ1) is 9.12. The van der Waals surface area contributed by atoms with E-state index in [2.05, 4.69) is 20.0 Å². The summed E-state index contributed by atoms with van der Waals surface area (Å²) in [6, 6.07) is -0.215. The molecule has 0 fully saturated rings. The fourth-order valence-corrected chi connectivity index (χ4v) is 0.885. The molecule has 2 N–H and O–H groups in total.